The number of carbonyl (C=O) groups excluding carboxylic acids is 2. The second-order valence-electron chi connectivity index (χ2n) is 7.71. The normalized spacial score (nSPS) is 14.3. The van der Waals surface area contributed by atoms with E-state index < -0.39 is 36.2 Å². The van der Waals surface area contributed by atoms with Crippen LogP contribution in [0.3, 0.4) is 0 Å². The summed E-state index contributed by atoms with van der Waals surface area (Å²) in [5.41, 5.74) is 3.62. The highest BCUT2D eigenvalue weighted by Gasteiger charge is 2.47. The molecule has 1 aliphatic rings. The number of rotatable bonds is 9. The molecule has 0 bridgehead atoms. The third-order valence-corrected chi connectivity index (χ3v) is 5.47. The third-order valence-electron chi connectivity index (χ3n) is 5.47. The molecule has 3 N–H and O–H groups in total. The van der Waals surface area contributed by atoms with Gasteiger partial charge in [0.2, 0.25) is 6.04 Å². The molecule has 2 aromatic rings. The maximum Gasteiger partial charge on any atom is 0.417 e. The van der Waals surface area contributed by atoms with Crippen molar-refractivity contribution in [3.8, 4) is 11.1 Å². The molecule has 0 aromatic heterocycles. The van der Waals surface area contributed by atoms with Crippen LogP contribution in [0.5, 0.6) is 0 Å². The van der Waals surface area contributed by atoms with Gasteiger partial charge in [-0.1, -0.05) is 54.6 Å². The highest BCUT2D eigenvalue weighted by atomic mass is 19.4. The summed E-state index contributed by atoms with van der Waals surface area (Å²) in [5, 5.41) is 12.5. The molecule has 0 spiro atoms. The Kier molecular flexibility index (Phi) is 7.60. The summed E-state index contributed by atoms with van der Waals surface area (Å²) in [4.78, 5) is 35.7. The number of benzene rings is 2. The Balaban J connectivity index is 1.68. The molecule has 0 fully saturated rings. The van der Waals surface area contributed by atoms with E-state index in [1.165, 1.54) is 11.4 Å². The van der Waals surface area contributed by atoms with Crippen LogP contribution in [-0.2, 0) is 14.3 Å². The van der Waals surface area contributed by atoms with Crippen molar-refractivity contribution in [3.05, 3.63) is 72.3 Å². The largest absolute Gasteiger partial charge is 0.480 e. The second-order valence-corrected chi connectivity index (χ2v) is 7.71. The van der Waals surface area contributed by atoms with Crippen molar-refractivity contribution in [3.63, 3.8) is 0 Å². The summed E-state index contributed by atoms with van der Waals surface area (Å²) in [7, 11) is 0. The minimum atomic E-state index is -5.17. The van der Waals surface area contributed by atoms with Crippen LogP contribution in [0, 0.1) is 0 Å². The van der Waals surface area contributed by atoms with E-state index in [0.717, 1.165) is 22.3 Å². The van der Waals surface area contributed by atoms with Gasteiger partial charge in [0.15, 0.2) is 0 Å². The number of carboxylic acid groups (broad SMARTS) is 1. The molecule has 0 saturated heterocycles. The smallest absolute Gasteiger partial charge is 0.417 e. The lowest BCUT2D eigenvalue weighted by molar-refractivity contribution is -0.169. The first-order valence-corrected chi connectivity index (χ1v) is 10.5. The van der Waals surface area contributed by atoms with Crippen LogP contribution in [0.4, 0.5) is 18.0 Å². The number of allylic oxidation sites excluding steroid dienone is 1. The minimum absolute atomic E-state index is 0.153. The SMILES string of the molecule is C=CCCC(NC(=O)C(NC(=O)OCC1c2ccccc2-c2ccccc21)C(F)(F)F)C(=O)O. The predicted molar refractivity (Wildman–Crippen MR) is 117 cm³/mol. The van der Waals surface area contributed by atoms with Crippen molar-refractivity contribution in [1.29, 1.82) is 0 Å². The predicted octanol–water partition coefficient (Wildman–Crippen LogP) is 3.99. The standard InChI is InChI=1S/C24H23F3N2O5/c1-2-3-12-19(22(31)32)28-21(30)20(24(25,26)27)29-23(33)34-13-18-16-10-6-4-8-14(16)15-9-5-7-11-17(15)18/h2,4-11,18-20H,1,3,12-13H2,(H,28,30)(H,29,33)(H,31,32). The zero-order valence-electron chi connectivity index (χ0n) is 18.0. The molecule has 3 rings (SSSR count). The number of ether oxygens (including phenoxy) is 1. The number of alkyl carbamates (subject to hydrolysis) is 1. The molecule has 7 nitrogen and oxygen atoms in total. The lowest BCUT2D eigenvalue weighted by Gasteiger charge is -2.23. The first kappa shape index (κ1) is 24.8. The number of fused-ring (bicyclic) bond motifs is 3. The van der Waals surface area contributed by atoms with Crippen LogP contribution in [0.15, 0.2) is 61.2 Å². The van der Waals surface area contributed by atoms with Gasteiger partial charge < -0.3 is 20.5 Å². The summed E-state index contributed by atoms with van der Waals surface area (Å²) in [6.45, 7) is 3.16. The summed E-state index contributed by atoms with van der Waals surface area (Å²) >= 11 is 0. The van der Waals surface area contributed by atoms with Crippen LogP contribution in [0.1, 0.15) is 29.9 Å². The molecular weight excluding hydrogens is 453 g/mol. The van der Waals surface area contributed by atoms with Gasteiger partial charge in [0.25, 0.3) is 5.91 Å². The number of hydrogen-bond donors (Lipinski definition) is 3. The van der Waals surface area contributed by atoms with Crippen molar-refractivity contribution in [2.45, 2.75) is 37.0 Å². The molecular formula is C24H23F3N2O5. The fourth-order valence-corrected chi connectivity index (χ4v) is 3.85. The molecule has 0 saturated carbocycles. The van der Waals surface area contributed by atoms with E-state index >= 15 is 0 Å². The second kappa shape index (κ2) is 10.4. The molecule has 0 aliphatic heterocycles. The lowest BCUT2D eigenvalue weighted by Crippen LogP contribution is -2.57. The topological polar surface area (TPSA) is 105 Å². The number of hydrogen-bond acceptors (Lipinski definition) is 4. The van der Waals surface area contributed by atoms with E-state index in [-0.39, 0.29) is 25.4 Å². The molecule has 1 aliphatic carbocycles. The fourth-order valence-electron chi connectivity index (χ4n) is 3.85. The van der Waals surface area contributed by atoms with Gasteiger partial charge in [0.05, 0.1) is 0 Å². The Bertz CT molecular complexity index is 1040. The molecule has 2 unspecified atom stereocenters. The Hall–Kier alpha value is -3.82. The molecule has 0 heterocycles. The van der Waals surface area contributed by atoms with Gasteiger partial charge in [-0.15, -0.1) is 6.58 Å². The maximum atomic E-state index is 13.5. The molecule has 2 atom stereocenters. The number of aliphatic carboxylic acids is 1. The molecule has 2 amide bonds. The summed E-state index contributed by atoms with van der Waals surface area (Å²) in [6, 6.07) is 10.3. The molecule has 180 valence electrons. The van der Waals surface area contributed by atoms with E-state index in [4.69, 9.17) is 9.84 Å². The number of carboxylic acids is 1. The molecule has 0 radical (unpaired) electrons. The average molecular weight is 476 g/mol. The number of halogens is 3. The Labute approximate surface area is 193 Å². The van der Waals surface area contributed by atoms with Crippen molar-refractivity contribution in [2.24, 2.45) is 0 Å². The van der Waals surface area contributed by atoms with E-state index in [1.54, 1.807) is 0 Å². The van der Waals surface area contributed by atoms with Gasteiger partial charge in [-0.05, 0) is 35.1 Å². The van der Waals surface area contributed by atoms with Crippen molar-refractivity contribution < 1.29 is 37.4 Å². The molecule has 34 heavy (non-hydrogen) atoms. The van der Waals surface area contributed by atoms with Gasteiger partial charge >= 0.3 is 18.2 Å². The van der Waals surface area contributed by atoms with Gasteiger partial charge in [-0.3, -0.25) is 4.79 Å². The van der Waals surface area contributed by atoms with E-state index in [0.29, 0.717) is 0 Å². The first-order chi connectivity index (χ1) is 16.1. The zero-order chi connectivity index (χ0) is 24.9. The third kappa shape index (κ3) is 5.56. The minimum Gasteiger partial charge on any atom is -0.480 e. The summed E-state index contributed by atoms with van der Waals surface area (Å²) in [5.74, 6) is -3.58. The quantitative estimate of drug-likeness (QED) is 0.475. The Morgan fingerprint density at radius 2 is 1.59 bits per heavy atom. The van der Waals surface area contributed by atoms with Gasteiger partial charge in [0.1, 0.15) is 12.6 Å². The van der Waals surface area contributed by atoms with Gasteiger partial charge in [-0.25, -0.2) is 9.59 Å². The van der Waals surface area contributed by atoms with E-state index in [9.17, 15) is 27.6 Å². The van der Waals surface area contributed by atoms with Crippen LogP contribution < -0.4 is 10.6 Å². The Morgan fingerprint density at radius 3 is 2.09 bits per heavy atom. The van der Waals surface area contributed by atoms with Crippen LogP contribution in [-0.4, -0.2) is 47.9 Å². The number of nitrogens with one attached hydrogen (secondary N) is 2. The Morgan fingerprint density at radius 1 is 1.03 bits per heavy atom. The van der Waals surface area contributed by atoms with Crippen LogP contribution in [0.2, 0.25) is 0 Å². The molecule has 10 heteroatoms. The van der Waals surface area contributed by atoms with Crippen molar-refractivity contribution in [2.75, 3.05) is 6.61 Å². The highest BCUT2D eigenvalue weighted by molar-refractivity contribution is 5.90. The van der Waals surface area contributed by atoms with Gasteiger partial charge in [-0.2, -0.15) is 13.2 Å². The first-order valence-electron chi connectivity index (χ1n) is 10.5. The number of alkyl halides is 3. The lowest BCUT2D eigenvalue weighted by atomic mass is 9.98. The summed E-state index contributed by atoms with van der Waals surface area (Å²) in [6.07, 6.45) is -5.24. The average Bonchev–Trinajstić information content (AvgIpc) is 3.11. The maximum absolute atomic E-state index is 13.5. The van der Waals surface area contributed by atoms with E-state index in [2.05, 4.69) is 6.58 Å². The number of amides is 2. The van der Waals surface area contributed by atoms with E-state index in [1.807, 2.05) is 53.8 Å². The number of carbonyl (C=O) groups is 3. The fraction of sp³-hybridized carbons (Fsp3) is 0.292. The molecule has 2 aromatic carbocycles. The van der Waals surface area contributed by atoms with Gasteiger partial charge in [0, 0.05) is 5.92 Å². The van der Waals surface area contributed by atoms with Crippen LogP contribution >= 0.6 is 0 Å². The zero-order valence-corrected chi connectivity index (χ0v) is 18.0. The van der Waals surface area contributed by atoms with Crippen molar-refractivity contribution in [1.82, 2.24) is 10.6 Å². The van der Waals surface area contributed by atoms with Crippen molar-refractivity contribution >= 4 is 18.0 Å². The monoisotopic (exact) mass is 476 g/mol. The van der Waals surface area contributed by atoms with Crippen LogP contribution in [0.25, 0.3) is 11.1 Å². The highest BCUT2D eigenvalue weighted by Crippen LogP contribution is 2.44. The summed E-state index contributed by atoms with van der Waals surface area (Å²) < 4.78 is 45.5.